The van der Waals surface area contributed by atoms with Gasteiger partial charge in [-0.05, 0) is 31.2 Å². The van der Waals surface area contributed by atoms with Crippen LogP contribution in [0.5, 0.6) is 0 Å². The minimum Gasteiger partial charge on any atom is -0.368 e. The topological polar surface area (TPSA) is 65.0 Å². The van der Waals surface area contributed by atoms with Gasteiger partial charge in [-0.3, -0.25) is 4.99 Å². The molecule has 0 saturated carbocycles. The number of nitrogens with zero attached hydrogens (tertiary/aromatic N) is 3. The van der Waals surface area contributed by atoms with Gasteiger partial charge in [-0.25, -0.2) is 8.42 Å². The molecule has 1 heterocycles. The fourth-order valence-electron chi connectivity index (χ4n) is 3.26. The Morgan fingerprint density at radius 3 is 2.14 bits per heavy atom. The highest BCUT2D eigenvalue weighted by Crippen LogP contribution is 2.15. The fraction of sp³-hybridized carbons (Fsp3) is 0.381. The molecule has 6 nitrogen and oxygen atoms in total. The van der Waals surface area contributed by atoms with Crippen LogP contribution in [0.2, 0.25) is 0 Å². The van der Waals surface area contributed by atoms with E-state index in [0.29, 0.717) is 4.90 Å². The number of guanidine groups is 1. The standard InChI is InChI=1S/C21H28N4O2S.HI/c1-2-22-21(23-13-18-28(26,27)20-11-7-4-8-12-20)25-16-14-24(15-17-25)19-9-5-3-6-10-19;/h3-12H,2,13-18H2,1H3,(H,22,23);1H. The number of halogens is 1. The van der Waals surface area contributed by atoms with Crippen LogP contribution in [0.25, 0.3) is 0 Å². The Kier molecular flexibility index (Phi) is 9.22. The number of hydrogen-bond acceptors (Lipinski definition) is 4. The van der Waals surface area contributed by atoms with Crippen molar-refractivity contribution in [3.05, 3.63) is 60.7 Å². The Morgan fingerprint density at radius 2 is 1.55 bits per heavy atom. The van der Waals surface area contributed by atoms with E-state index in [4.69, 9.17) is 0 Å². The van der Waals surface area contributed by atoms with Crippen molar-refractivity contribution in [1.29, 1.82) is 0 Å². The number of para-hydroxylation sites is 1. The summed E-state index contributed by atoms with van der Waals surface area (Å²) in [5.74, 6) is 0.800. The van der Waals surface area contributed by atoms with E-state index in [9.17, 15) is 8.42 Å². The number of anilines is 1. The molecule has 1 fully saturated rings. The second-order valence-electron chi connectivity index (χ2n) is 6.68. The van der Waals surface area contributed by atoms with Crippen LogP contribution in [-0.2, 0) is 9.84 Å². The molecule has 2 aromatic carbocycles. The highest BCUT2D eigenvalue weighted by Gasteiger charge is 2.20. The van der Waals surface area contributed by atoms with Crippen LogP contribution in [0.3, 0.4) is 0 Å². The number of nitrogens with one attached hydrogen (secondary N) is 1. The normalized spacial score (nSPS) is 15.0. The maximum absolute atomic E-state index is 12.4. The molecule has 1 N–H and O–H groups in total. The minimum atomic E-state index is -3.31. The molecule has 29 heavy (non-hydrogen) atoms. The molecular formula is C21H29IN4O2S. The van der Waals surface area contributed by atoms with Gasteiger partial charge in [-0.15, -0.1) is 24.0 Å². The largest absolute Gasteiger partial charge is 0.368 e. The molecule has 0 unspecified atom stereocenters. The number of aliphatic imine (C=N–C) groups is 1. The van der Waals surface area contributed by atoms with Crippen LogP contribution < -0.4 is 10.2 Å². The molecule has 0 aromatic heterocycles. The third-order valence-corrected chi connectivity index (χ3v) is 6.47. The highest BCUT2D eigenvalue weighted by atomic mass is 127. The summed E-state index contributed by atoms with van der Waals surface area (Å²) in [6.07, 6.45) is 0. The van der Waals surface area contributed by atoms with E-state index in [1.165, 1.54) is 5.69 Å². The second kappa shape index (κ2) is 11.4. The maximum atomic E-state index is 12.4. The molecule has 0 aliphatic carbocycles. The summed E-state index contributed by atoms with van der Waals surface area (Å²) >= 11 is 0. The molecular weight excluding hydrogens is 499 g/mol. The number of rotatable bonds is 6. The lowest BCUT2D eigenvalue weighted by Gasteiger charge is -2.37. The van der Waals surface area contributed by atoms with Crippen LogP contribution in [0.15, 0.2) is 70.6 Å². The summed E-state index contributed by atoms with van der Waals surface area (Å²) < 4.78 is 24.9. The molecule has 0 bridgehead atoms. The summed E-state index contributed by atoms with van der Waals surface area (Å²) in [6.45, 7) is 6.56. The molecule has 0 radical (unpaired) electrons. The third-order valence-electron chi connectivity index (χ3n) is 4.76. The smallest absolute Gasteiger partial charge is 0.194 e. The van der Waals surface area contributed by atoms with Crippen molar-refractivity contribution in [2.24, 2.45) is 4.99 Å². The van der Waals surface area contributed by atoms with Gasteiger partial charge in [0.15, 0.2) is 15.8 Å². The lowest BCUT2D eigenvalue weighted by Crippen LogP contribution is -2.52. The number of benzene rings is 2. The molecule has 0 spiro atoms. The van der Waals surface area contributed by atoms with E-state index in [1.807, 2.05) is 19.1 Å². The average molecular weight is 528 g/mol. The van der Waals surface area contributed by atoms with Gasteiger partial charge in [0.05, 0.1) is 17.2 Å². The van der Waals surface area contributed by atoms with Gasteiger partial charge in [-0.1, -0.05) is 36.4 Å². The van der Waals surface area contributed by atoms with Crippen molar-refractivity contribution in [3.63, 3.8) is 0 Å². The molecule has 158 valence electrons. The van der Waals surface area contributed by atoms with Gasteiger partial charge in [0.25, 0.3) is 0 Å². The Labute approximate surface area is 191 Å². The summed E-state index contributed by atoms with van der Waals surface area (Å²) in [7, 11) is -3.31. The number of sulfone groups is 1. The van der Waals surface area contributed by atoms with Crippen molar-refractivity contribution >= 4 is 45.5 Å². The molecule has 2 aromatic rings. The molecule has 0 amide bonds. The summed E-state index contributed by atoms with van der Waals surface area (Å²) in [6, 6.07) is 19.0. The van der Waals surface area contributed by atoms with Crippen LogP contribution in [0.4, 0.5) is 5.69 Å². The van der Waals surface area contributed by atoms with E-state index in [2.05, 4.69) is 44.4 Å². The summed E-state index contributed by atoms with van der Waals surface area (Å²) in [5, 5.41) is 3.30. The van der Waals surface area contributed by atoms with Crippen molar-refractivity contribution < 1.29 is 8.42 Å². The zero-order chi connectivity index (χ0) is 19.8. The van der Waals surface area contributed by atoms with E-state index < -0.39 is 9.84 Å². The van der Waals surface area contributed by atoms with Gasteiger partial charge in [0, 0.05) is 38.4 Å². The van der Waals surface area contributed by atoms with E-state index >= 15 is 0 Å². The first-order valence-electron chi connectivity index (χ1n) is 9.71. The van der Waals surface area contributed by atoms with E-state index in [0.717, 1.165) is 38.7 Å². The monoisotopic (exact) mass is 528 g/mol. The Morgan fingerprint density at radius 1 is 0.966 bits per heavy atom. The van der Waals surface area contributed by atoms with Crippen molar-refractivity contribution in [2.75, 3.05) is 49.9 Å². The summed E-state index contributed by atoms with van der Waals surface area (Å²) in [4.78, 5) is 9.50. The lowest BCUT2D eigenvalue weighted by atomic mass is 10.2. The first-order valence-corrected chi connectivity index (χ1v) is 11.4. The van der Waals surface area contributed by atoms with Crippen LogP contribution in [0, 0.1) is 0 Å². The minimum absolute atomic E-state index is 0. The van der Waals surface area contributed by atoms with Gasteiger partial charge in [0.1, 0.15) is 0 Å². The zero-order valence-corrected chi connectivity index (χ0v) is 19.8. The summed E-state index contributed by atoms with van der Waals surface area (Å²) in [5.41, 5.74) is 1.23. The Balaban J connectivity index is 0.00000300. The SMILES string of the molecule is CCNC(=NCCS(=O)(=O)c1ccccc1)N1CCN(c2ccccc2)CC1.I. The van der Waals surface area contributed by atoms with E-state index in [-0.39, 0.29) is 36.3 Å². The maximum Gasteiger partial charge on any atom is 0.194 e. The number of hydrogen-bond donors (Lipinski definition) is 1. The number of piperazine rings is 1. The van der Waals surface area contributed by atoms with Crippen LogP contribution in [-0.4, -0.2) is 64.3 Å². The average Bonchev–Trinajstić information content (AvgIpc) is 2.74. The molecule has 1 aliphatic rings. The Hall–Kier alpha value is -1.81. The van der Waals surface area contributed by atoms with Crippen LogP contribution in [0.1, 0.15) is 6.92 Å². The van der Waals surface area contributed by atoms with Crippen molar-refractivity contribution in [2.45, 2.75) is 11.8 Å². The first kappa shape index (κ1) is 23.5. The van der Waals surface area contributed by atoms with Gasteiger partial charge in [0.2, 0.25) is 0 Å². The fourth-order valence-corrected chi connectivity index (χ4v) is 4.40. The van der Waals surface area contributed by atoms with Gasteiger partial charge in [-0.2, -0.15) is 0 Å². The lowest BCUT2D eigenvalue weighted by molar-refractivity contribution is 0.373. The first-order chi connectivity index (χ1) is 13.6. The molecule has 1 aliphatic heterocycles. The van der Waals surface area contributed by atoms with Crippen molar-refractivity contribution in [1.82, 2.24) is 10.2 Å². The highest BCUT2D eigenvalue weighted by molar-refractivity contribution is 14.0. The van der Waals surface area contributed by atoms with Gasteiger partial charge >= 0.3 is 0 Å². The van der Waals surface area contributed by atoms with E-state index in [1.54, 1.807) is 24.3 Å². The predicted octanol–water partition coefficient (Wildman–Crippen LogP) is 2.87. The Bertz CT molecular complexity index is 868. The molecule has 3 rings (SSSR count). The molecule has 1 saturated heterocycles. The van der Waals surface area contributed by atoms with Gasteiger partial charge < -0.3 is 15.1 Å². The second-order valence-corrected chi connectivity index (χ2v) is 8.79. The molecule has 8 heteroatoms. The third kappa shape index (κ3) is 6.60. The quantitative estimate of drug-likeness (QED) is 0.355. The van der Waals surface area contributed by atoms with Crippen molar-refractivity contribution in [3.8, 4) is 0 Å². The predicted molar refractivity (Wildman–Crippen MR) is 130 cm³/mol. The zero-order valence-electron chi connectivity index (χ0n) is 16.7. The molecule has 0 atom stereocenters. The van der Waals surface area contributed by atoms with Crippen LogP contribution >= 0.6 is 24.0 Å².